The number of methoxy groups -OCH3 is 1. The summed E-state index contributed by atoms with van der Waals surface area (Å²) in [5.41, 5.74) is 9.22. The summed E-state index contributed by atoms with van der Waals surface area (Å²) in [5.74, 6) is -0.136. The fourth-order valence-electron chi connectivity index (χ4n) is 4.74. The molecule has 0 radical (unpaired) electrons. The maximum absolute atomic E-state index is 13.3. The SMILES string of the molecule is COc1ccccc1NC(=O)CSc1nnc(N2C(N)=C(C#N)C(c3ccc(Cl)c(Cl)c3)C3=C2CCCC3=O)s1. The maximum atomic E-state index is 13.3. The third-order valence-corrected chi connectivity index (χ3v) is 9.27. The van der Waals surface area contributed by atoms with Gasteiger partial charge in [0.25, 0.3) is 0 Å². The Balaban J connectivity index is 1.42. The number of carbonyl (C=O) groups excluding carboxylic acids is 2. The van der Waals surface area contributed by atoms with E-state index >= 15 is 0 Å². The van der Waals surface area contributed by atoms with Crippen LogP contribution < -0.4 is 20.7 Å². The molecular formula is C27H22Cl2N6O3S2. The number of allylic oxidation sites excluding steroid dienone is 3. The zero-order chi connectivity index (χ0) is 28.4. The number of hydrogen-bond donors (Lipinski definition) is 2. The van der Waals surface area contributed by atoms with Gasteiger partial charge in [0, 0.05) is 17.7 Å². The number of ketones is 1. The Labute approximate surface area is 248 Å². The molecule has 3 aromatic rings. The fourth-order valence-corrected chi connectivity index (χ4v) is 6.73. The van der Waals surface area contributed by atoms with Crippen LogP contribution in [0.15, 0.2) is 69.5 Å². The molecule has 3 N–H and O–H groups in total. The molecular weight excluding hydrogens is 591 g/mol. The van der Waals surface area contributed by atoms with Gasteiger partial charge in [-0.2, -0.15) is 5.26 Å². The zero-order valence-corrected chi connectivity index (χ0v) is 24.3. The van der Waals surface area contributed by atoms with Crippen LogP contribution in [0.2, 0.25) is 10.0 Å². The molecule has 2 heterocycles. The second-order valence-corrected chi connectivity index (χ2v) is 11.9. The van der Waals surface area contributed by atoms with Crippen LogP contribution in [0.5, 0.6) is 5.75 Å². The first kappa shape index (κ1) is 28.0. The highest BCUT2D eigenvalue weighted by Gasteiger charge is 2.41. The van der Waals surface area contributed by atoms with Crippen molar-refractivity contribution in [2.45, 2.75) is 29.5 Å². The number of amides is 1. The minimum atomic E-state index is -0.667. The van der Waals surface area contributed by atoms with E-state index in [9.17, 15) is 14.9 Å². The number of aromatic nitrogens is 2. The molecule has 1 aliphatic carbocycles. The van der Waals surface area contributed by atoms with Crippen molar-refractivity contribution >= 4 is 68.8 Å². The molecule has 204 valence electrons. The Morgan fingerprint density at radius 3 is 2.80 bits per heavy atom. The maximum Gasteiger partial charge on any atom is 0.234 e. The number of nitrogens with one attached hydrogen (secondary N) is 1. The number of anilines is 2. The number of hydrogen-bond acceptors (Lipinski definition) is 10. The largest absolute Gasteiger partial charge is 0.495 e. The lowest BCUT2D eigenvalue weighted by molar-refractivity contribution is -0.116. The molecule has 9 nitrogen and oxygen atoms in total. The van der Waals surface area contributed by atoms with Crippen molar-refractivity contribution in [2.24, 2.45) is 5.73 Å². The molecule has 0 fully saturated rings. The second-order valence-electron chi connectivity index (χ2n) is 8.88. The molecule has 40 heavy (non-hydrogen) atoms. The van der Waals surface area contributed by atoms with Gasteiger partial charge in [-0.1, -0.05) is 64.5 Å². The lowest BCUT2D eigenvalue weighted by Gasteiger charge is -2.38. The molecule has 1 unspecified atom stereocenters. The predicted molar refractivity (Wildman–Crippen MR) is 157 cm³/mol. The molecule has 0 saturated carbocycles. The predicted octanol–water partition coefficient (Wildman–Crippen LogP) is 5.89. The number of benzene rings is 2. The van der Waals surface area contributed by atoms with E-state index in [1.165, 1.54) is 30.2 Å². The Hall–Kier alpha value is -3.56. The van der Waals surface area contributed by atoms with Crippen LogP contribution in [-0.2, 0) is 9.59 Å². The van der Waals surface area contributed by atoms with E-state index in [2.05, 4.69) is 21.6 Å². The molecule has 1 amide bonds. The number of thioether (sulfide) groups is 1. The van der Waals surface area contributed by atoms with Crippen LogP contribution in [0, 0.1) is 11.3 Å². The minimum absolute atomic E-state index is 0.0605. The highest BCUT2D eigenvalue weighted by atomic mass is 35.5. The van der Waals surface area contributed by atoms with Crippen LogP contribution in [-0.4, -0.2) is 34.8 Å². The van der Waals surface area contributed by atoms with Gasteiger partial charge in [0.1, 0.15) is 11.6 Å². The molecule has 2 aliphatic rings. The normalized spacial score (nSPS) is 17.0. The Kier molecular flexibility index (Phi) is 8.32. The monoisotopic (exact) mass is 612 g/mol. The number of nitrogens with two attached hydrogens (primary N) is 1. The third-order valence-electron chi connectivity index (χ3n) is 6.49. The average Bonchev–Trinajstić information content (AvgIpc) is 3.41. The van der Waals surface area contributed by atoms with Gasteiger partial charge in [-0.05, 0) is 42.7 Å². The van der Waals surface area contributed by atoms with Gasteiger partial charge >= 0.3 is 0 Å². The summed E-state index contributed by atoms with van der Waals surface area (Å²) in [6, 6.07) is 14.4. The van der Waals surface area contributed by atoms with Gasteiger partial charge in [0.15, 0.2) is 10.1 Å². The van der Waals surface area contributed by atoms with E-state index in [1.807, 2.05) is 6.07 Å². The second kappa shape index (κ2) is 11.9. The van der Waals surface area contributed by atoms with Crippen LogP contribution in [0.1, 0.15) is 30.7 Å². The summed E-state index contributed by atoms with van der Waals surface area (Å²) in [7, 11) is 1.54. The number of Topliss-reactive ketones (excluding diaryl/α,β-unsaturated/α-hetero) is 1. The highest BCUT2D eigenvalue weighted by molar-refractivity contribution is 8.01. The molecule has 5 rings (SSSR count). The summed E-state index contributed by atoms with van der Waals surface area (Å²) in [6.45, 7) is 0. The van der Waals surface area contributed by atoms with Gasteiger partial charge in [-0.3, -0.25) is 14.5 Å². The van der Waals surface area contributed by atoms with Crippen molar-refractivity contribution in [3.8, 4) is 11.8 Å². The number of carbonyl (C=O) groups is 2. The highest BCUT2D eigenvalue weighted by Crippen LogP contribution is 2.47. The average molecular weight is 614 g/mol. The number of halogens is 2. The molecule has 0 bridgehead atoms. The standard InChI is InChI=1S/C27H22Cl2N6O3S2/c1-38-21-8-3-2-5-18(21)32-22(37)13-39-27-34-33-26(40-27)35-19-6-4-7-20(36)24(19)23(15(12-30)25(35)31)14-9-10-16(28)17(29)11-14/h2-3,5,8-11,23H,4,6-7,13,31H2,1H3,(H,32,37). The van der Waals surface area contributed by atoms with E-state index in [1.54, 1.807) is 41.3 Å². The van der Waals surface area contributed by atoms with Crippen molar-refractivity contribution < 1.29 is 14.3 Å². The van der Waals surface area contributed by atoms with Gasteiger partial charge in [-0.15, -0.1) is 10.2 Å². The van der Waals surface area contributed by atoms with E-state index in [4.69, 9.17) is 33.7 Å². The number of nitrogens with zero attached hydrogens (tertiary/aromatic N) is 4. The first-order valence-corrected chi connectivity index (χ1v) is 14.7. The van der Waals surface area contributed by atoms with E-state index in [-0.39, 0.29) is 28.8 Å². The summed E-state index contributed by atoms with van der Waals surface area (Å²) in [6.07, 6.45) is 1.57. The van der Waals surface area contributed by atoms with E-state index in [0.717, 1.165) is 0 Å². The van der Waals surface area contributed by atoms with Crippen molar-refractivity contribution in [3.05, 3.63) is 80.7 Å². The summed E-state index contributed by atoms with van der Waals surface area (Å²) >= 11 is 14.8. The van der Waals surface area contributed by atoms with E-state index < -0.39 is 5.92 Å². The first-order chi connectivity index (χ1) is 19.3. The summed E-state index contributed by atoms with van der Waals surface area (Å²) in [4.78, 5) is 27.5. The molecule has 1 atom stereocenters. The molecule has 1 aliphatic heterocycles. The fraction of sp³-hybridized carbons (Fsp3) is 0.222. The molecule has 0 spiro atoms. The quantitative estimate of drug-likeness (QED) is 0.313. The molecule has 2 aromatic carbocycles. The van der Waals surface area contributed by atoms with Crippen molar-refractivity contribution in [1.29, 1.82) is 5.26 Å². The van der Waals surface area contributed by atoms with Gasteiger partial charge in [0.2, 0.25) is 11.0 Å². The minimum Gasteiger partial charge on any atom is -0.495 e. The van der Waals surface area contributed by atoms with Gasteiger partial charge in [0.05, 0.1) is 46.2 Å². The smallest absolute Gasteiger partial charge is 0.234 e. The number of para-hydroxylation sites is 2. The Morgan fingerprint density at radius 1 is 1.25 bits per heavy atom. The van der Waals surface area contributed by atoms with Gasteiger partial charge in [-0.25, -0.2) is 0 Å². The zero-order valence-electron chi connectivity index (χ0n) is 21.1. The van der Waals surface area contributed by atoms with Crippen LogP contribution in [0.3, 0.4) is 0 Å². The Morgan fingerprint density at radius 2 is 2.05 bits per heavy atom. The lowest BCUT2D eigenvalue weighted by atomic mass is 9.76. The van der Waals surface area contributed by atoms with Gasteiger partial charge < -0.3 is 15.8 Å². The number of ether oxygens (including phenoxy) is 1. The summed E-state index contributed by atoms with van der Waals surface area (Å²) in [5, 5.41) is 22.6. The summed E-state index contributed by atoms with van der Waals surface area (Å²) < 4.78 is 5.81. The molecule has 1 aromatic heterocycles. The number of rotatable bonds is 7. The first-order valence-electron chi connectivity index (χ1n) is 12.1. The van der Waals surface area contributed by atoms with Crippen LogP contribution >= 0.6 is 46.3 Å². The molecule has 13 heteroatoms. The van der Waals surface area contributed by atoms with Crippen molar-refractivity contribution in [3.63, 3.8) is 0 Å². The lowest BCUT2D eigenvalue weighted by Crippen LogP contribution is -2.38. The third kappa shape index (κ3) is 5.40. The van der Waals surface area contributed by atoms with Crippen LogP contribution in [0.25, 0.3) is 0 Å². The van der Waals surface area contributed by atoms with E-state index in [0.29, 0.717) is 67.0 Å². The van der Waals surface area contributed by atoms with Crippen molar-refractivity contribution in [1.82, 2.24) is 10.2 Å². The molecule has 0 saturated heterocycles. The Bertz CT molecular complexity index is 1610. The number of nitriles is 1. The van der Waals surface area contributed by atoms with Crippen LogP contribution in [0.4, 0.5) is 10.8 Å². The topological polar surface area (TPSA) is 134 Å². The van der Waals surface area contributed by atoms with Crippen molar-refractivity contribution in [2.75, 3.05) is 23.1 Å².